The van der Waals surface area contributed by atoms with Gasteiger partial charge in [-0.15, -0.1) is 0 Å². The quantitative estimate of drug-likeness (QED) is 0.633. The molecule has 2 rings (SSSR count). The van der Waals surface area contributed by atoms with Crippen LogP contribution >= 0.6 is 0 Å². The highest BCUT2D eigenvalue weighted by Crippen LogP contribution is 2.13. The predicted octanol–water partition coefficient (Wildman–Crippen LogP) is 2.80. The number of rotatable bonds is 6. The highest BCUT2D eigenvalue weighted by molar-refractivity contribution is 5.79. The van der Waals surface area contributed by atoms with Crippen molar-refractivity contribution in [2.24, 2.45) is 4.99 Å². The summed E-state index contributed by atoms with van der Waals surface area (Å²) in [6.45, 7) is 1.39. The summed E-state index contributed by atoms with van der Waals surface area (Å²) in [7, 11) is 5.80. The molecule has 0 bridgehead atoms. The monoisotopic (exact) mass is 328 g/mol. The van der Waals surface area contributed by atoms with Gasteiger partial charge in [-0.2, -0.15) is 0 Å². The van der Waals surface area contributed by atoms with Crippen LogP contribution in [0.15, 0.2) is 53.5 Å². The second kappa shape index (κ2) is 8.91. The summed E-state index contributed by atoms with van der Waals surface area (Å²) in [6, 6.07) is 15.0. The molecule has 0 fully saturated rings. The van der Waals surface area contributed by atoms with Gasteiger partial charge in [0.25, 0.3) is 0 Å². The summed E-state index contributed by atoms with van der Waals surface area (Å²) in [4.78, 5) is 6.30. The van der Waals surface area contributed by atoms with Gasteiger partial charge in [-0.25, -0.2) is 4.39 Å². The smallest absolute Gasteiger partial charge is 0.191 e. The lowest BCUT2D eigenvalue weighted by Crippen LogP contribution is -2.37. The minimum Gasteiger partial charge on any atom is -0.378 e. The number of guanidine groups is 1. The number of aliphatic imine (C=N–C) groups is 1. The molecule has 2 aromatic rings. The van der Waals surface area contributed by atoms with E-state index in [1.54, 1.807) is 19.2 Å². The summed E-state index contributed by atoms with van der Waals surface area (Å²) < 4.78 is 13.2. The standard InChI is InChI=1S/C19H25FN4/c1-21-19(22-11-10-15-6-4-8-17(20)12-15)23-14-16-7-5-9-18(13-16)24(2)3/h4-9,12-13H,10-11,14H2,1-3H3,(H2,21,22,23). The first-order valence-corrected chi connectivity index (χ1v) is 8.03. The van der Waals surface area contributed by atoms with Crippen LogP contribution in [0.4, 0.5) is 10.1 Å². The molecule has 0 spiro atoms. The average molecular weight is 328 g/mol. The Morgan fingerprint density at radius 3 is 2.50 bits per heavy atom. The van der Waals surface area contributed by atoms with Crippen LogP contribution in [0.2, 0.25) is 0 Å². The van der Waals surface area contributed by atoms with Gasteiger partial charge in [-0.1, -0.05) is 24.3 Å². The van der Waals surface area contributed by atoms with Gasteiger partial charge in [0.1, 0.15) is 5.82 Å². The lowest BCUT2D eigenvalue weighted by Gasteiger charge is -2.15. The Labute approximate surface area is 143 Å². The van der Waals surface area contributed by atoms with E-state index in [0.717, 1.165) is 17.9 Å². The molecule has 4 nitrogen and oxygen atoms in total. The van der Waals surface area contributed by atoms with Crippen LogP contribution < -0.4 is 15.5 Å². The van der Waals surface area contributed by atoms with Crippen molar-refractivity contribution in [3.05, 3.63) is 65.5 Å². The van der Waals surface area contributed by atoms with Crippen molar-refractivity contribution in [2.75, 3.05) is 32.6 Å². The molecule has 0 aliphatic heterocycles. The summed E-state index contributed by atoms with van der Waals surface area (Å²) in [5.74, 6) is 0.539. The van der Waals surface area contributed by atoms with Crippen LogP contribution in [-0.4, -0.2) is 33.6 Å². The minimum atomic E-state index is -0.198. The third kappa shape index (κ3) is 5.57. The molecule has 2 aromatic carbocycles. The van der Waals surface area contributed by atoms with Gasteiger partial charge in [0.15, 0.2) is 5.96 Å². The molecule has 2 N–H and O–H groups in total. The van der Waals surface area contributed by atoms with Crippen molar-refractivity contribution in [2.45, 2.75) is 13.0 Å². The first kappa shape index (κ1) is 17.8. The number of halogens is 1. The number of hydrogen-bond acceptors (Lipinski definition) is 2. The highest BCUT2D eigenvalue weighted by Gasteiger charge is 2.01. The second-order valence-corrected chi connectivity index (χ2v) is 5.80. The SMILES string of the molecule is CN=C(NCCc1cccc(F)c1)NCc1cccc(N(C)C)c1. The summed E-state index contributed by atoms with van der Waals surface area (Å²) in [5, 5.41) is 6.55. The van der Waals surface area contributed by atoms with E-state index >= 15 is 0 Å². The van der Waals surface area contributed by atoms with E-state index in [9.17, 15) is 4.39 Å². The normalized spacial score (nSPS) is 11.2. The molecule has 24 heavy (non-hydrogen) atoms. The maximum absolute atomic E-state index is 13.2. The molecule has 0 aliphatic carbocycles. The van der Waals surface area contributed by atoms with E-state index in [1.165, 1.54) is 17.3 Å². The molecule has 0 saturated heterocycles. The molecular weight excluding hydrogens is 303 g/mol. The number of benzene rings is 2. The molecule has 0 aromatic heterocycles. The number of hydrogen-bond donors (Lipinski definition) is 2. The molecule has 5 heteroatoms. The van der Waals surface area contributed by atoms with Gasteiger partial charge in [-0.05, 0) is 41.8 Å². The van der Waals surface area contributed by atoms with Crippen molar-refractivity contribution >= 4 is 11.6 Å². The zero-order chi connectivity index (χ0) is 17.4. The molecule has 0 unspecified atom stereocenters. The molecule has 0 amide bonds. The van der Waals surface area contributed by atoms with Crippen molar-refractivity contribution in [1.29, 1.82) is 0 Å². The van der Waals surface area contributed by atoms with Crippen LogP contribution in [0.25, 0.3) is 0 Å². The van der Waals surface area contributed by atoms with E-state index < -0.39 is 0 Å². The lowest BCUT2D eigenvalue weighted by molar-refractivity contribution is 0.625. The number of nitrogens with zero attached hydrogens (tertiary/aromatic N) is 2. The van der Waals surface area contributed by atoms with Gasteiger partial charge in [0.2, 0.25) is 0 Å². The largest absolute Gasteiger partial charge is 0.378 e. The molecule has 0 radical (unpaired) electrons. The van der Waals surface area contributed by atoms with E-state index in [0.29, 0.717) is 13.1 Å². The van der Waals surface area contributed by atoms with Crippen LogP contribution in [-0.2, 0) is 13.0 Å². The third-order valence-electron chi connectivity index (χ3n) is 3.71. The van der Waals surface area contributed by atoms with Crippen LogP contribution in [0, 0.1) is 5.82 Å². The molecule has 0 atom stereocenters. The average Bonchev–Trinajstić information content (AvgIpc) is 2.58. The minimum absolute atomic E-state index is 0.198. The molecular formula is C19H25FN4. The van der Waals surface area contributed by atoms with Gasteiger partial charge >= 0.3 is 0 Å². The molecule has 0 heterocycles. The summed E-state index contributed by atoms with van der Waals surface area (Å²) in [6.07, 6.45) is 0.745. The van der Waals surface area contributed by atoms with Crippen molar-refractivity contribution in [1.82, 2.24) is 10.6 Å². The van der Waals surface area contributed by atoms with E-state index in [2.05, 4.69) is 38.7 Å². The Hall–Kier alpha value is -2.56. The maximum Gasteiger partial charge on any atom is 0.191 e. The Morgan fingerprint density at radius 2 is 1.79 bits per heavy atom. The van der Waals surface area contributed by atoms with Gasteiger partial charge in [0, 0.05) is 39.9 Å². The van der Waals surface area contributed by atoms with Crippen molar-refractivity contribution < 1.29 is 4.39 Å². The maximum atomic E-state index is 13.2. The molecule has 0 saturated carbocycles. The second-order valence-electron chi connectivity index (χ2n) is 5.80. The molecule has 0 aliphatic rings. The summed E-state index contributed by atoms with van der Waals surface area (Å²) >= 11 is 0. The van der Waals surface area contributed by atoms with E-state index in [-0.39, 0.29) is 5.82 Å². The van der Waals surface area contributed by atoms with Gasteiger partial charge in [0.05, 0.1) is 0 Å². The van der Waals surface area contributed by atoms with Crippen LogP contribution in [0.1, 0.15) is 11.1 Å². The number of nitrogens with one attached hydrogen (secondary N) is 2. The fourth-order valence-electron chi connectivity index (χ4n) is 2.37. The Morgan fingerprint density at radius 1 is 1.04 bits per heavy atom. The highest BCUT2D eigenvalue weighted by atomic mass is 19.1. The Kier molecular flexibility index (Phi) is 6.61. The van der Waals surface area contributed by atoms with Gasteiger partial charge < -0.3 is 15.5 Å². The van der Waals surface area contributed by atoms with Crippen LogP contribution in [0.3, 0.4) is 0 Å². The zero-order valence-electron chi connectivity index (χ0n) is 14.5. The van der Waals surface area contributed by atoms with E-state index in [4.69, 9.17) is 0 Å². The Bertz CT molecular complexity index is 683. The first-order valence-electron chi connectivity index (χ1n) is 8.03. The topological polar surface area (TPSA) is 39.7 Å². The van der Waals surface area contributed by atoms with E-state index in [1.807, 2.05) is 26.2 Å². The zero-order valence-corrected chi connectivity index (χ0v) is 14.5. The third-order valence-corrected chi connectivity index (χ3v) is 3.71. The fraction of sp³-hybridized carbons (Fsp3) is 0.316. The van der Waals surface area contributed by atoms with Gasteiger partial charge in [-0.3, -0.25) is 4.99 Å². The number of anilines is 1. The fourth-order valence-corrected chi connectivity index (χ4v) is 2.37. The van der Waals surface area contributed by atoms with Crippen LogP contribution in [0.5, 0.6) is 0 Å². The van der Waals surface area contributed by atoms with Crippen molar-refractivity contribution in [3.8, 4) is 0 Å². The first-order chi connectivity index (χ1) is 11.6. The molecule has 128 valence electrons. The van der Waals surface area contributed by atoms with Crippen molar-refractivity contribution in [3.63, 3.8) is 0 Å². The lowest BCUT2D eigenvalue weighted by atomic mass is 10.1. The summed E-state index contributed by atoms with van der Waals surface area (Å²) in [5.41, 5.74) is 3.33. The Balaban J connectivity index is 1.81. The predicted molar refractivity (Wildman–Crippen MR) is 99.1 cm³/mol.